The van der Waals surface area contributed by atoms with Crippen LogP contribution in [0.15, 0.2) is 24.3 Å². The molecule has 8 heteroatoms. The molecule has 1 fully saturated rings. The van der Waals surface area contributed by atoms with Gasteiger partial charge in [0.05, 0.1) is 16.4 Å². The van der Waals surface area contributed by atoms with E-state index < -0.39 is 5.41 Å². The topological polar surface area (TPSA) is 82.2 Å². The Morgan fingerprint density at radius 1 is 1.31 bits per heavy atom. The summed E-state index contributed by atoms with van der Waals surface area (Å²) in [6.45, 7) is 5.14. The van der Waals surface area contributed by atoms with E-state index in [0.29, 0.717) is 45.6 Å². The van der Waals surface area contributed by atoms with Crippen molar-refractivity contribution in [2.24, 2.45) is 11.1 Å². The van der Waals surface area contributed by atoms with Gasteiger partial charge in [-0.3, -0.25) is 4.79 Å². The number of nitrogens with one attached hydrogen (secondary N) is 1. The van der Waals surface area contributed by atoms with Gasteiger partial charge in [-0.2, -0.15) is 0 Å². The average Bonchev–Trinajstić information content (AvgIpc) is 2.99. The maximum Gasteiger partial charge on any atom is 0.227 e. The summed E-state index contributed by atoms with van der Waals surface area (Å²) in [5.74, 6) is 1.06. The van der Waals surface area contributed by atoms with Gasteiger partial charge in [-0.05, 0) is 31.9 Å². The van der Waals surface area contributed by atoms with Gasteiger partial charge in [0.15, 0.2) is 0 Å². The second-order valence-corrected chi connectivity index (χ2v) is 6.36. The average molecular weight is 403 g/mol. The van der Waals surface area contributed by atoms with Crippen molar-refractivity contribution < 1.29 is 9.53 Å². The van der Waals surface area contributed by atoms with Crippen LogP contribution in [-0.4, -0.2) is 41.8 Å². The normalized spacial score (nSPS) is 15.8. The monoisotopic (exact) mass is 402 g/mol. The lowest BCUT2D eigenvalue weighted by atomic mass is 9.79. The molecule has 1 saturated heterocycles. The zero-order chi connectivity index (χ0) is 17.0. The third kappa shape index (κ3) is 4.49. The van der Waals surface area contributed by atoms with Crippen LogP contribution < -0.4 is 11.1 Å². The maximum atomic E-state index is 12.6. The number of hydrogen-bond donors (Lipinski definition) is 2. The molecule has 26 heavy (non-hydrogen) atoms. The zero-order valence-electron chi connectivity index (χ0n) is 15.1. The smallest absolute Gasteiger partial charge is 0.227 e. The summed E-state index contributed by atoms with van der Waals surface area (Å²) in [6, 6.07) is 8.13. The summed E-state index contributed by atoms with van der Waals surface area (Å²) in [5.41, 5.74) is 7.56. The predicted molar refractivity (Wildman–Crippen MR) is 108 cm³/mol. The molecular formula is C18H28Cl2N4O2. The lowest BCUT2D eigenvalue weighted by Gasteiger charge is -2.34. The SMILES string of the molecule is CCn1c(CCNC(=O)C2(CN)CCOCC2)nc2ccccc21.Cl.Cl. The molecule has 0 aliphatic carbocycles. The van der Waals surface area contributed by atoms with E-state index in [9.17, 15) is 4.79 Å². The van der Waals surface area contributed by atoms with Crippen LogP contribution in [0.4, 0.5) is 0 Å². The molecule has 0 radical (unpaired) electrons. The van der Waals surface area contributed by atoms with Crippen molar-refractivity contribution >= 4 is 41.8 Å². The fourth-order valence-electron chi connectivity index (χ4n) is 3.43. The van der Waals surface area contributed by atoms with E-state index in [0.717, 1.165) is 23.4 Å². The van der Waals surface area contributed by atoms with Crippen molar-refractivity contribution in [2.75, 3.05) is 26.3 Å². The molecule has 1 aliphatic rings. The van der Waals surface area contributed by atoms with Gasteiger partial charge in [0.2, 0.25) is 5.91 Å². The third-order valence-corrected chi connectivity index (χ3v) is 5.01. The quantitative estimate of drug-likeness (QED) is 0.776. The molecule has 0 atom stereocenters. The minimum atomic E-state index is -0.469. The number of ether oxygens (including phenoxy) is 1. The Hall–Kier alpha value is -1.34. The first kappa shape index (κ1) is 22.7. The highest BCUT2D eigenvalue weighted by molar-refractivity contribution is 5.85. The van der Waals surface area contributed by atoms with Gasteiger partial charge >= 0.3 is 0 Å². The number of aryl methyl sites for hydroxylation is 1. The van der Waals surface area contributed by atoms with Crippen LogP contribution in [0, 0.1) is 5.41 Å². The molecule has 1 aliphatic heterocycles. The molecule has 0 bridgehead atoms. The van der Waals surface area contributed by atoms with Crippen LogP contribution in [0.3, 0.4) is 0 Å². The van der Waals surface area contributed by atoms with E-state index in [1.54, 1.807) is 0 Å². The number of halogens is 2. The summed E-state index contributed by atoms with van der Waals surface area (Å²) < 4.78 is 7.57. The molecule has 3 rings (SSSR count). The number of benzene rings is 1. The number of carbonyl (C=O) groups is 1. The Kier molecular flexibility index (Phi) is 8.83. The molecule has 2 aromatic rings. The van der Waals surface area contributed by atoms with Crippen LogP contribution in [0.2, 0.25) is 0 Å². The van der Waals surface area contributed by atoms with Crippen LogP contribution in [0.1, 0.15) is 25.6 Å². The Bertz CT molecular complexity index is 714. The molecular weight excluding hydrogens is 375 g/mol. The number of rotatable bonds is 6. The van der Waals surface area contributed by atoms with Crippen molar-refractivity contribution in [2.45, 2.75) is 32.7 Å². The second-order valence-electron chi connectivity index (χ2n) is 6.36. The zero-order valence-corrected chi connectivity index (χ0v) is 16.7. The summed E-state index contributed by atoms with van der Waals surface area (Å²) >= 11 is 0. The lowest BCUT2D eigenvalue weighted by Crippen LogP contribution is -2.49. The Balaban J connectivity index is 0.00000169. The fraction of sp³-hybridized carbons (Fsp3) is 0.556. The van der Waals surface area contributed by atoms with Crippen LogP contribution >= 0.6 is 24.8 Å². The fourth-order valence-corrected chi connectivity index (χ4v) is 3.43. The molecule has 0 unspecified atom stereocenters. The number of para-hydroxylation sites is 2. The van der Waals surface area contributed by atoms with Gasteiger partial charge in [0.25, 0.3) is 0 Å². The number of fused-ring (bicyclic) bond motifs is 1. The number of nitrogens with zero attached hydrogens (tertiary/aromatic N) is 2. The van der Waals surface area contributed by atoms with Crippen LogP contribution in [-0.2, 0) is 22.5 Å². The molecule has 1 aromatic heterocycles. The highest BCUT2D eigenvalue weighted by Crippen LogP contribution is 2.29. The largest absolute Gasteiger partial charge is 0.381 e. The number of nitrogens with two attached hydrogens (primary N) is 1. The van der Waals surface area contributed by atoms with Gasteiger partial charge in [-0.15, -0.1) is 24.8 Å². The number of imidazole rings is 1. The summed E-state index contributed by atoms with van der Waals surface area (Å²) in [7, 11) is 0. The van der Waals surface area contributed by atoms with Crippen molar-refractivity contribution in [3.8, 4) is 0 Å². The van der Waals surface area contributed by atoms with Gasteiger partial charge < -0.3 is 20.4 Å². The molecule has 0 saturated carbocycles. The van der Waals surface area contributed by atoms with Gasteiger partial charge in [0.1, 0.15) is 5.82 Å². The second kappa shape index (κ2) is 10.1. The summed E-state index contributed by atoms with van der Waals surface area (Å²) in [4.78, 5) is 17.3. The molecule has 1 aromatic carbocycles. The van der Waals surface area contributed by atoms with E-state index in [1.807, 2.05) is 18.2 Å². The van der Waals surface area contributed by atoms with E-state index in [-0.39, 0.29) is 30.7 Å². The first-order valence-electron chi connectivity index (χ1n) is 8.70. The number of aromatic nitrogens is 2. The van der Waals surface area contributed by atoms with Gasteiger partial charge in [0, 0.05) is 39.3 Å². The van der Waals surface area contributed by atoms with Gasteiger partial charge in [-0.1, -0.05) is 12.1 Å². The molecule has 146 valence electrons. The molecule has 0 spiro atoms. The predicted octanol–water partition coefficient (Wildman–Crippen LogP) is 2.31. The first-order valence-corrected chi connectivity index (χ1v) is 8.70. The van der Waals surface area contributed by atoms with E-state index in [1.165, 1.54) is 0 Å². The lowest BCUT2D eigenvalue weighted by molar-refractivity contribution is -0.135. The minimum Gasteiger partial charge on any atom is -0.381 e. The highest BCUT2D eigenvalue weighted by atomic mass is 35.5. The highest BCUT2D eigenvalue weighted by Gasteiger charge is 2.38. The Morgan fingerprint density at radius 3 is 2.65 bits per heavy atom. The third-order valence-electron chi connectivity index (χ3n) is 5.01. The number of hydrogen-bond acceptors (Lipinski definition) is 4. The van der Waals surface area contributed by atoms with E-state index >= 15 is 0 Å². The minimum absolute atomic E-state index is 0. The standard InChI is InChI=1S/C18H26N4O2.2ClH/c1-2-22-15-6-4-3-5-14(15)21-16(22)7-10-20-17(23)18(13-19)8-11-24-12-9-18;;/h3-6H,2,7-13,19H2,1H3,(H,20,23);2*1H. The van der Waals surface area contributed by atoms with Crippen LogP contribution in [0.5, 0.6) is 0 Å². The van der Waals surface area contributed by atoms with E-state index in [2.05, 4.69) is 22.9 Å². The molecule has 3 N–H and O–H groups in total. The van der Waals surface area contributed by atoms with E-state index in [4.69, 9.17) is 15.5 Å². The first-order chi connectivity index (χ1) is 11.7. The van der Waals surface area contributed by atoms with Crippen LogP contribution in [0.25, 0.3) is 11.0 Å². The summed E-state index contributed by atoms with van der Waals surface area (Å²) in [5, 5.41) is 3.06. The van der Waals surface area contributed by atoms with Crippen molar-refractivity contribution in [3.63, 3.8) is 0 Å². The van der Waals surface area contributed by atoms with Crippen molar-refractivity contribution in [1.29, 1.82) is 0 Å². The molecule has 2 heterocycles. The molecule has 1 amide bonds. The van der Waals surface area contributed by atoms with Crippen molar-refractivity contribution in [1.82, 2.24) is 14.9 Å². The Labute approximate surface area is 166 Å². The van der Waals surface area contributed by atoms with Crippen molar-refractivity contribution in [3.05, 3.63) is 30.1 Å². The number of carbonyl (C=O) groups excluding carboxylic acids is 1. The number of amides is 1. The molecule has 6 nitrogen and oxygen atoms in total. The summed E-state index contributed by atoms with van der Waals surface area (Å²) in [6.07, 6.45) is 2.11. The van der Waals surface area contributed by atoms with Gasteiger partial charge in [-0.25, -0.2) is 4.98 Å². The Morgan fingerprint density at radius 2 is 2.00 bits per heavy atom. The maximum absolute atomic E-state index is 12.6.